The third kappa shape index (κ3) is 3.09. The zero-order valence-corrected chi connectivity index (χ0v) is 11.0. The molecular weight excluding hydrogens is 293 g/mol. The molecule has 0 aliphatic rings. The Labute approximate surface area is 112 Å². The summed E-state index contributed by atoms with van der Waals surface area (Å²) in [5.74, 6) is -1.67. The number of rotatable bonds is 4. The second-order valence-corrected chi connectivity index (χ2v) is 6.29. The maximum Gasteiger partial charge on any atom is 0.345 e. The summed E-state index contributed by atoms with van der Waals surface area (Å²) in [5, 5.41) is 8.92. The van der Waals surface area contributed by atoms with Crippen molar-refractivity contribution in [3.05, 3.63) is 47.1 Å². The standard InChI is InChI=1S/C11H8FNO4S2/c12-7-1-3-8(4-2-7)19(16,17)13-10-6-5-9(18-10)11(14)15/h1-6,13H,(H,14,15). The van der Waals surface area contributed by atoms with E-state index < -0.39 is 21.8 Å². The molecule has 0 fully saturated rings. The Morgan fingerprint density at radius 1 is 1.16 bits per heavy atom. The smallest absolute Gasteiger partial charge is 0.345 e. The highest BCUT2D eigenvalue weighted by Gasteiger charge is 2.16. The molecule has 19 heavy (non-hydrogen) atoms. The number of hydrogen-bond acceptors (Lipinski definition) is 4. The Bertz CT molecular complexity index is 707. The van der Waals surface area contributed by atoms with Crippen molar-refractivity contribution in [3.63, 3.8) is 0 Å². The molecule has 2 N–H and O–H groups in total. The largest absolute Gasteiger partial charge is 0.477 e. The third-order valence-electron chi connectivity index (χ3n) is 2.18. The fourth-order valence-corrected chi connectivity index (χ4v) is 3.35. The monoisotopic (exact) mass is 301 g/mol. The predicted octanol–water partition coefficient (Wildman–Crippen LogP) is 2.39. The van der Waals surface area contributed by atoms with Gasteiger partial charge in [-0.1, -0.05) is 0 Å². The number of nitrogens with one attached hydrogen (secondary N) is 1. The summed E-state index contributed by atoms with van der Waals surface area (Å²) in [7, 11) is -3.84. The lowest BCUT2D eigenvalue weighted by molar-refractivity contribution is 0.0702. The molecule has 0 saturated heterocycles. The van der Waals surface area contributed by atoms with Crippen LogP contribution in [-0.2, 0) is 10.0 Å². The van der Waals surface area contributed by atoms with E-state index in [2.05, 4.69) is 4.72 Å². The lowest BCUT2D eigenvalue weighted by atomic mass is 10.4. The van der Waals surface area contributed by atoms with Crippen LogP contribution in [0.4, 0.5) is 9.39 Å². The van der Waals surface area contributed by atoms with Crippen LogP contribution in [0.2, 0.25) is 0 Å². The van der Waals surface area contributed by atoms with Crippen LogP contribution in [0.3, 0.4) is 0 Å². The second-order valence-electron chi connectivity index (χ2n) is 3.53. The molecule has 1 heterocycles. The highest BCUT2D eigenvalue weighted by Crippen LogP contribution is 2.24. The molecule has 0 aliphatic heterocycles. The van der Waals surface area contributed by atoms with E-state index in [1.807, 2.05) is 0 Å². The van der Waals surface area contributed by atoms with Gasteiger partial charge in [0, 0.05) is 0 Å². The zero-order chi connectivity index (χ0) is 14.0. The van der Waals surface area contributed by atoms with E-state index in [1.54, 1.807) is 0 Å². The quantitative estimate of drug-likeness (QED) is 0.908. The van der Waals surface area contributed by atoms with Gasteiger partial charge in [0.2, 0.25) is 0 Å². The Kier molecular flexibility index (Phi) is 3.54. The van der Waals surface area contributed by atoms with Crippen LogP contribution in [0.5, 0.6) is 0 Å². The minimum atomic E-state index is -3.84. The Morgan fingerprint density at radius 2 is 1.79 bits per heavy atom. The summed E-state index contributed by atoms with van der Waals surface area (Å²) in [5.41, 5.74) is 0. The number of carboxylic acid groups (broad SMARTS) is 1. The Hall–Kier alpha value is -1.93. The van der Waals surface area contributed by atoms with Crippen molar-refractivity contribution in [1.29, 1.82) is 0 Å². The number of carboxylic acids is 1. The molecule has 0 spiro atoms. The summed E-state index contributed by atoms with van der Waals surface area (Å²) in [6.07, 6.45) is 0. The highest BCUT2D eigenvalue weighted by molar-refractivity contribution is 7.93. The summed E-state index contributed by atoms with van der Waals surface area (Å²) in [4.78, 5) is 10.6. The van der Waals surface area contributed by atoms with Gasteiger partial charge in [0.25, 0.3) is 10.0 Å². The zero-order valence-electron chi connectivity index (χ0n) is 9.33. The average Bonchev–Trinajstić information content (AvgIpc) is 2.77. The van der Waals surface area contributed by atoms with Crippen LogP contribution in [0, 0.1) is 5.82 Å². The van der Waals surface area contributed by atoms with Crippen LogP contribution in [-0.4, -0.2) is 19.5 Å². The molecule has 2 aromatic rings. The van der Waals surface area contributed by atoms with Gasteiger partial charge < -0.3 is 5.11 Å². The van der Waals surface area contributed by atoms with Gasteiger partial charge in [-0.2, -0.15) is 0 Å². The number of benzene rings is 1. The molecule has 0 aliphatic carbocycles. The van der Waals surface area contributed by atoms with Crippen LogP contribution in [0.25, 0.3) is 0 Å². The number of aromatic carboxylic acids is 1. The van der Waals surface area contributed by atoms with Gasteiger partial charge in [-0.3, -0.25) is 4.72 Å². The van der Waals surface area contributed by atoms with Crippen LogP contribution >= 0.6 is 11.3 Å². The molecule has 0 amide bonds. The predicted molar refractivity (Wildman–Crippen MR) is 68.5 cm³/mol. The van der Waals surface area contributed by atoms with E-state index in [-0.39, 0.29) is 14.8 Å². The maximum atomic E-state index is 12.7. The Morgan fingerprint density at radius 3 is 2.32 bits per heavy atom. The van der Waals surface area contributed by atoms with Gasteiger partial charge >= 0.3 is 5.97 Å². The first-order valence-corrected chi connectivity index (χ1v) is 7.30. The van der Waals surface area contributed by atoms with Gasteiger partial charge in [-0.15, -0.1) is 11.3 Å². The van der Waals surface area contributed by atoms with E-state index >= 15 is 0 Å². The third-order valence-corrected chi connectivity index (χ3v) is 4.67. The second kappa shape index (κ2) is 4.98. The number of anilines is 1. The molecule has 0 unspecified atom stereocenters. The lowest BCUT2D eigenvalue weighted by Crippen LogP contribution is -2.11. The molecule has 0 radical (unpaired) electrons. The van der Waals surface area contributed by atoms with Gasteiger partial charge in [0.15, 0.2) is 0 Å². The van der Waals surface area contributed by atoms with E-state index in [4.69, 9.17) is 5.11 Å². The number of halogens is 1. The first kappa shape index (κ1) is 13.5. The molecule has 100 valence electrons. The van der Waals surface area contributed by atoms with Crippen molar-refractivity contribution in [2.24, 2.45) is 0 Å². The van der Waals surface area contributed by atoms with Crippen molar-refractivity contribution < 1.29 is 22.7 Å². The van der Waals surface area contributed by atoms with Gasteiger partial charge in [-0.05, 0) is 36.4 Å². The molecule has 2 rings (SSSR count). The van der Waals surface area contributed by atoms with E-state index in [1.165, 1.54) is 12.1 Å². The molecule has 1 aromatic carbocycles. The summed E-state index contributed by atoms with van der Waals surface area (Å²) in [6, 6.07) is 6.98. The Balaban J connectivity index is 2.25. The normalized spacial score (nSPS) is 11.2. The molecular formula is C11H8FNO4S2. The molecule has 8 heteroatoms. The average molecular weight is 301 g/mol. The van der Waals surface area contributed by atoms with Crippen molar-refractivity contribution in [1.82, 2.24) is 0 Å². The number of carbonyl (C=O) groups is 1. The van der Waals surface area contributed by atoms with Gasteiger partial charge in [0.05, 0.1) is 4.90 Å². The first-order chi connectivity index (χ1) is 8.88. The minimum absolute atomic E-state index is 0.0248. The fourth-order valence-electron chi connectivity index (χ4n) is 1.31. The van der Waals surface area contributed by atoms with Crippen molar-refractivity contribution in [2.45, 2.75) is 4.90 Å². The SMILES string of the molecule is O=C(O)c1ccc(NS(=O)(=O)c2ccc(F)cc2)s1. The number of sulfonamides is 1. The van der Waals surface area contributed by atoms with E-state index in [9.17, 15) is 17.6 Å². The first-order valence-electron chi connectivity index (χ1n) is 5.00. The van der Waals surface area contributed by atoms with Crippen LogP contribution in [0.15, 0.2) is 41.3 Å². The fraction of sp³-hybridized carbons (Fsp3) is 0. The van der Waals surface area contributed by atoms with Crippen molar-refractivity contribution in [2.75, 3.05) is 4.72 Å². The van der Waals surface area contributed by atoms with E-state index in [0.717, 1.165) is 35.6 Å². The molecule has 0 saturated carbocycles. The maximum absolute atomic E-state index is 12.7. The summed E-state index contributed by atoms with van der Waals surface area (Å²) in [6.45, 7) is 0. The minimum Gasteiger partial charge on any atom is -0.477 e. The van der Waals surface area contributed by atoms with Crippen molar-refractivity contribution in [3.8, 4) is 0 Å². The topological polar surface area (TPSA) is 83.5 Å². The molecule has 0 atom stereocenters. The number of thiophene rings is 1. The highest BCUT2D eigenvalue weighted by atomic mass is 32.2. The van der Waals surface area contributed by atoms with E-state index in [0.29, 0.717) is 0 Å². The van der Waals surface area contributed by atoms with Crippen LogP contribution < -0.4 is 4.72 Å². The molecule has 5 nitrogen and oxygen atoms in total. The number of hydrogen-bond donors (Lipinski definition) is 2. The van der Waals surface area contributed by atoms with Crippen molar-refractivity contribution >= 4 is 32.3 Å². The van der Waals surface area contributed by atoms with Gasteiger partial charge in [-0.25, -0.2) is 17.6 Å². The van der Waals surface area contributed by atoms with Crippen LogP contribution in [0.1, 0.15) is 9.67 Å². The molecule has 0 bridgehead atoms. The lowest BCUT2D eigenvalue weighted by Gasteiger charge is -2.05. The molecule has 1 aromatic heterocycles. The summed E-state index contributed by atoms with van der Waals surface area (Å²) >= 11 is 0.802. The summed E-state index contributed by atoms with van der Waals surface area (Å²) < 4.78 is 38.8. The van der Waals surface area contributed by atoms with Gasteiger partial charge in [0.1, 0.15) is 15.7 Å².